The lowest BCUT2D eigenvalue weighted by atomic mass is 10.2. The molecule has 0 bridgehead atoms. The fourth-order valence-electron chi connectivity index (χ4n) is 1.90. The summed E-state index contributed by atoms with van der Waals surface area (Å²) in [5, 5.41) is 5.24. The van der Waals surface area contributed by atoms with E-state index >= 15 is 0 Å². The molecule has 2 rings (SSSR count). The Labute approximate surface area is 140 Å². The molecule has 0 unspecified atom stereocenters. The standard InChI is InChI=1S/C18H20N2O4/c1-3-23-17(21)14-6-8-15(9-7-14)20-18(22)19-12-24-16-10-4-13(2)5-11-16/h4-11H,3,12H2,1-2H3,(H2,19,20,22). The molecule has 0 radical (unpaired) electrons. The minimum absolute atomic E-state index is 0.0514. The van der Waals surface area contributed by atoms with Crippen molar-refractivity contribution in [2.75, 3.05) is 18.7 Å². The number of anilines is 1. The number of esters is 1. The van der Waals surface area contributed by atoms with Crippen molar-refractivity contribution in [1.82, 2.24) is 5.32 Å². The number of hydrogen-bond donors (Lipinski definition) is 2. The zero-order valence-corrected chi connectivity index (χ0v) is 13.7. The maximum absolute atomic E-state index is 11.8. The zero-order valence-electron chi connectivity index (χ0n) is 13.7. The second kappa shape index (κ2) is 8.57. The summed E-state index contributed by atoms with van der Waals surface area (Å²) in [5.74, 6) is 0.291. The summed E-state index contributed by atoms with van der Waals surface area (Å²) in [6, 6.07) is 13.6. The summed E-state index contributed by atoms with van der Waals surface area (Å²) >= 11 is 0. The fraction of sp³-hybridized carbons (Fsp3) is 0.222. The van der Waals surface area contributed by atoms with Gasteiger partial charge in [0.05, 0.1) is 12.2 Å². The minimum atomic E-state index is -0.397. The molecule has 24 heavy (non-hydrogen) atoms. The van der Waals surface area contributed by atoms with Crippen molar-refractivity contribution < 1.29 is 19.1 Å². The highest BCUT2D eigenvalue weighted by Gasteiger charge is 2.07. The van der Waals surface area contributed by atoms with Gasteiger partial charge in [-0.1, -0.05) is 17.7 Å². The van der Waals surface area contributed by atoms with Crippen LogP contribution in [-0.4, -0.2) is 25.3 Å². The van der Waals surface area contributed by atoms with Gasteiger partial charge in [0, 0.05) is 5.69 Å². The molecule has 6 heteroatoms. The maximum atomic E-state index is 11.8. The van der Waals surface area contributed by atoms with Crippen molar-refractivity contribution in [3.8, 4) is 5.75 Å². The van der Waals surface area contributed by atoms with Crippen molar-refractivity contribution in [3.63, 3.8) is 0 Å². The van der Waals surface area contributed by atoms with E-state index in [1.807, 2.05) is 31.2 Å². The maximum Gasteiger partial charge on any atom is 0.338 e. The Bertz CT molecular complexity index is 681. The van der Waals surface area contributed by atoms with Crippen molar-refractivity contribution in [2.45, 2.75) is 13.8 Å². The molecule has 0 saturated heterocycles. The normalized spacial score (nSPS) is 9.92. The average molecular weight is 328 g/mol. The number of hydrogen-bond acceptors (Lipinski definition) is 4. The van der Waals surface area contributed by atoms with Gasteiger partial charge in [0.2, 0.25) is 0 Å². The molecule has 0 atom stereocenters. The molecular formula is C18H20N2O4. The van der Waals surface area contributed by atoms with Crippen molar-refractivity contribution in [1.29, 1.82) is 0 Å². The third kappa shape index (κ3) is 5.31. The van der Waals surface area contributed by atoms with E-state index in [-0.39, 0.29) is 12.7 Å². The first-order valence-corrected chi connectivity index (χ1v) is 7.60. The van der Waals surface area contributed by atoms with Gasteiger partial charge in [-0.05, 0) is 50.2 Å². The van der Waals surface area contributed by atoms with Crippen molar-refractivity contribution in [2.24, 2.45) is 0 Å². The molecule has 0 aliphatic rings. The molecule has 0 saturated carbocycles. The first-order chi connectivity index (χ1) is 11.6. The van der Waals surface area contributed by atoms with Gasteiger partial charge in [0.15, 0.2) is 6.73 Å². The molecule has 2 amide bonds. The number of carbonyl (C=O) groups excluding carboxylic acids is 2. The molecule has 2 aromatic rings. The van der Waals surface area contributed by atoms with Crippen LogP contribution in [0.3, 0.4) is 0 Å². The van der Waals surface area contributed by atoms with Gasteiger partial charge < -0.3 is 20.1 Å². The molecule has 2 N–H and O–H groups in total. The number of nitrogens with one attached hydrogen (secondary N) is 2. The summed E-state index contributed by atoms with van der Waals surface area (Å²) in [5.41, 5.74) is 2.14. The lowest BCUT2D eigenvalue weighted by Crippen LogP contribution is -2.32. The van der Waals surface area contributed by atoms with Gasteiger partial charge in [0.25, 0.3) is 0 Å². The average Bonchev–Trinajstić information content (AvgIpc) is 2.57. The van der Waals surface area contributed by atoms with Crippen LogP contribution in [-0.2, 0) is 4.74 Å². The molecule has 0 heterocycles. The van der Waals surface area contributed by atoms with Crippen LogP contribution in [0.1, 0.15) is 22.8 Å². The summed E-state index contributed by atoms with van der Waals surface area (Å²) in [4.78, 5) is 23.3. The Morgan fingerprint density at radius 2 is 1.67 bits per heavy atom. The Hall–Kier alpha value is -3.02. The van der Waals surface area contributed by atoms with Gasteiger partial charge in [-0.25, -0.2) is 9.59 Å². The lowest BCUT2D eigenvalue weighted by Gasteiger charge is -2.10. The van der Waals surface area contributed by atoms with Crippen molar-refractivity contribution in [3.05, 3.63) is 59.7 Å². The second-order valence-corrected chi connectivity index (χ2v) is 5.03. The number of ether oxygens (including phenoxy) is 2. The largest absolute Gasteiger partial charge is 0.473 e. The van der Waals surface area contributed by atoms with Crippen molar-refractivity contribution >= 4 is 17.7 Å². The van der Waals surface area contributed by atoms with Crippen LogP contribution in [0.5, 0.6) is 5.75 Å². The lowest BCUT2D eigenvalue weighted by molar-refractivity contribution is 0.0526. The molecule has 6 nitrogen and oxygen atoms in total. The zero-order chi connectivity index (χ0) is 17.4. The summed E-state index contributed by atoms with van der Waals surface area (Å²) in [6.45, 7) is 4.11. The first-order valence-electron chi connectivity index (χ1n) is 7.60. The van der Waals surface area contributed by atoms with Gasteiger partial charge in [0.1, 0.15) is 5.75 Å². The second-order valence-electron chi connectivity index (χ2n) is 5.03. The molecule has 0 aliphatic heterocycles. The Kier molecular flexibility index (Phi) is 6.19. The third-order valence-corrected chi connectivity index (χ3v) is 3.15. The molecule has 2 aromatic carbocycles. The number of carbonyl (C=O) groups is 2. The van der Waals surface area contributed by atoms with Crippen LogP contribution in [0.25, 0.3) is 0 Å². The molecule has 0 fully saturated rings. The molecule has 0 aliphatic carbocycles. The number of urea groups is 1. The highest BCUT2D eigenvalue weighted by atomic mass is 16.5. The molecular weight excluding hydrogens is 308 g/mol. The summed E-state index contributed by atoms with van der Waals surface area (Å²) in [6.07, 6.45) is 0. The van der Waals surface area contributed by atoms with E-state index in [2.05, 4.69) is 10.6 Å². The van der Waals surface area contributed by atoms with Crippen LogP contribution in [0.4, 0.5) is 10.5 Å². The Balaban J connectivity index is 1.77. The van der Waals surface area contributed by atoms with E-state index in [0.29, 0.717) is 23.6 Å². The predicted octanol–water partition coefficient (Wildman–Crippen LogP) is 3.33. The van der Waals surface area contributed by atoms with E-state index in [9.17, 15) is 9.59 Å². The fourth-order valence-corrected chi connectivity index (χ4v) is 1.90. The van der Waals surface area contributed by atoms with E-state index in [1.54, 1.807) is 31.2 Å². The molecule has 126 valence electrons. The molecule has 0 spiro atoms. The number of rotatable bonds is 6. The van der Waals surface area contributed by atoms with Crippen LogP contribution in [0.2, 0.25) is 0 Å². The SMILES string of the molecule is CCOC(=O)c1ccc(NC(=O)NCOc2ccc(C)cc2)cc1. The quantitative estimate of drug-likeness (QED) is 0.630. The minimum Gasteiger partial charge on any atom is -0.473 e. The highest BCUT2D eigenvalue weighted by molar-refractivity contribution is 5.92. The Morgan fingerprint density at radius 1 is 1.00 bits per heavy atom. The smallest absolute Gasteiger partial charge is 0.338 e. The van der Waals surface area contributed by atoms with E-state index in [4.69, 9.17) is 9.47 Å². The highest BCUT2D eigenvalue weighted by Crippen LogP contribution is 2.12. The van der Waals surface area contributed by atoms with Gasteiger partial charge in [-0.2, -0.15) is 0 Å². The van der Waals surface area contributed by atoms with Crippen LogP contribution >= 0.6 is 0 Å². The first kappa shape index (κ1) is 17.3. The number of benzene rings is 2. The Morgan fingerprint density at radius 3 is 2.29 bits per heavy atom. The predicted molar refractivity (Wildman–Crippen MR) is 91.2 cm³/mol. The van der Waals surface area contributed by atoms with Gasteiger partial charge in [-0.3, -0.25) is 0 Å². The summed E-state index contributed by atoms with van der Waals surface area (Å²) < 4.78 is 10.3. The monoisotopic (exact) mass is 328 g/mol. The number of aryl methyl sites for hydroxylation is 1. The van der Waals surface area contributed by atoms with Crippen LogP contribution in [0, 0.1) is 6.92 Å². The molecule has 0 aromatic heterocycles. The number of amides is 2. The van der Waals surface area contributed by atoms with Crippen LogP contribution in [0.15, 0.2) is 48.5 Å². The van der Waals surface area contributed by atoms with E-state index in [1.165, 1.54) is 0 Å². The summed E-state index contributed by atoms with van der Waals surface area (Å²) in [7, 11) is 0. The topological polar surface area (TPSA) is 76.7 Å². The van der Waals surface area contributed by atoms with E-state index in [0.717, 1.165) is 5.56 Å². The van der Waals surface area contributed by atoms with E-state index < -0.39 is 6.03 Å². The van der Waals surface area contributed by atoms with Crippen LogP contribution < -0.4 is 15.4 Å². The van der Waals surface area contributed by atoms with Gasteiger partial charge in [-0.15, -0.1) is 0 Å². The van der Waals surface area contributed by atoms with Gasteiger partial charge >= 0.3 is 12.0 Å². The third-order valence-electron chi connectivity index (χ3n) is 3.15.